The van der Waals surface area contributed by atoms with Crippen LogP contribution in [0.25, 0.3) is 16.7 Å². The van der Waals surface area contributed by atoms with Crippen molar-refractivity contribution in [2.45, 2.75) is 52.1 Å². The molecule has 2 aromatic carbocycles. The van der Waals surface area contributed by atoms with Crippen LogP contribution in [0.1, 0.15) is 55.6 Å². The largest absolute Gasteiger partial charge is 0.453 e. The van der Waals surface area contributed by atoms with Crippen molar-refractivity contribution in [1.82, 2.24) is 24.3 Å². The molecule has 0 amide bonds. The molecule has 3 aromatic heterocycles. The van der Waals surface area contributed by atoms with E-state index in [1.165, 1.54) is 41.2 Å². The Morgan fingerprint density at radius 2 is 1.80 bits per heavy atom. The van der Waals surface area contributed by atoms with Crippen LogP contribution in [0.2, 0.25) is 0 Å². The number of ketones is 1. The summed E-state index contributed by atoms with van der Waals surface area (Å²) in [5, 5.41) is 19.8. The molecule has 234 valence electrons. The van der Waals surface area contributed by atoms with Crippen molar-refractivity contribution < 1.29 is 23.4 Å². The second-order valence-corrected chi connectivity index (χ2v) is 10.6. The standard InChI is InChI=1S/C32H32F2N6O5/c1-4-21(5-2)39-16-23(31(43)40(32(39)44)22-9-7-20(33)8-10-22)25(42)15-19-6-11-26(24(34)14-19)45-27-12-13-35-29-28(27)30(38-37-29)36-18(3)17-41/h6-14,16,18,21,41H,4-5,15,17H2,1-3H3,(H2,35,36,37,38)/t18-/m1/s1. The fraction of sp³-hybridized carbons (Fsp3) is 0.281. The number of ether oxygens (including phenoxy) is 1. The van der Waals surface area contributed by atoms with Crippen molar-refractivity contribution >= 4 is 22.6 Å². The molecule has 13 heteroatoms. The minimum atomic E-state index is -0.846. The fourth-order valence-electron chi connectivity index (χ4n) is 5.05. The normalized spacial score (nSPS) is 12.1. The van der Waals surface area contributed by atoms with Gasteiger partial charge >= 0.3 is 5.69 Å². The predicted molar refractivity (Wildman–Crippen MR) is 164 cm³/mol. The van der Waals surface area contributed by atoms with Crippen molar-refractivity contribution in [3.63, 3.8) is 0 Å². The maximum absolute atomic E-state index is 15.3. The lowest BCUT2D eigenvalue weighted by Crippen LogP contribution is -2.42. The summed E-state index contributed by atoms with van der Waals surface area (Å²) in [6.07, 6.45) is 3.55. The van der Waals surface area contributed by atoms with Gasteiger partial charge in [-0.25, -0.2) is 23.1 Å². The van der Waals surface area contributed by atoms with E-state index in [2.05, 4.69) is 20.5 Å². The number of carbonyl (C=O) groups excluding carboxylic acids is 1. The number of rotatable bonds is 12. The van der Waals surface area contributed by atoms with Crippen LogP contribution in [0, 0.1) is 11.6 Å². The highest BCUT2D eigenvalue weighted by molar-refractivity contribution is 5.97. The molecule has 0 fully saturated rings. The molecule has 0 unspecified atom stereocenters. The zero-order chi connectivity index (χ0) is 32.2. The third kappa shape index (κ3) is 6.38. The summed E-state index contributed by atoms with van der Waals surface area (Å²) in [7, 11) is 0. The fourth-order valence-corrected chi connectivity index (χ4v) is 5.05. The van der Waals surface area contributed by atoms with Gasteiger partial charge in [-0.05, 0) is 61.7 Å². The molecule has 11 nitrogen and oxygen atoms in total. The summed E-state index contributed by atoms with van der Waals surface area (Å²) in [6.45, 7) is 5.39. The first-order chi connectivity index (χ1) is 21.6. The summed E-state index contributed by atoms with van der Waals surface area (Å²) in [5.41, 5.74) is -0.940. The Hall–Kier alpha value is -5.17. The van der Waals surface area contributed by atoms with E-state index in [1.807, 2.05) is 13.8 Å². The Kier molecular flexibility index (Phi) is 9.18. The van der Waals surface area contributed by atoms with Gasteiger partial charge in [0.1, 0.15) is 22.5 Å². The number of fused-ring (bicyclic) bond motifs is 1. The average molecular weight is 619 g/mol. The summed E-state index contributed by atoms with van der Waals surface area (Å²) in [5.74, 6) is -1.40. The molecule has 3 heterocycles. The van der Waals surface area contributed by atoms with Crippen molar-refractivity contribution in [3.05, 3.63) is 105 Å². The Morgan fingerprint density at radius 1 is 1.07 bits per heavy atom. The van der Waals surface area contributed by atoms with Crippen LogP contribution in [-0.4, -0.2) is 47.9 Å². The number of carbonyl (C=O) groups is 1. The second-order valence-electron chi connectivity index (χ2n) is 10.6. The van der Waals surface area contributed by atoms with E-state index >= 15 is 4.39 Å². The summed E-state index contributed by atoms with van der Waals surface area (Å²) < 4.78 is 37.0. The average Bonchev–Trinajstić information content (AvgIpc) is 3.44. The summed E-state index contributed by atoms with van der Waals surface area (Å²) in [6, 6.07) is 9.80. The smallest absolute Gasteiger partial charge is 0.335 e. The number of anilines is 1. The SMILES string of the molecule is CCC(CC)n1cc(C(=O)Cc2ccc(Oc3ccnc4[nH]nc(N[C@H](C)CO)c34)c(F)c2)c(=O)n(-c2ccc(F)cc2)c1=O. The van der Waals surface area contributed by atoms with E-state index in [1.54, 1.807) is 13.0 Å². The number of aromatic amines is 1. The van der Waals surface area contributed by atoms with E-state index in [-0.39, 0.29) is 53.4 Å². The Morgan fingerprint density at radius 3 is 2.47 bits per heavy atom. The minimum Gasteiger partial charge on any atom is -0.453 e. The molecular weight excluding hydrogens is 586 g/mol. The number of halogens is 2. The van der Waals surface area contributed by atoms with Gasteiger partial charge in [-0.3, -0.25) is 19.3 Å². The van der Waals surface area contributed by atoms with Gasteiger partial charge in [0.05, 0.1) is 12.3 Å². The number of benzene rings is 2. The predicted octanol–water partition coefficient (Wildman–Crippen LogP) is 4.92. The zero-order valence-electron chi connectivity index (χ0n) is 24.9. The van der Waals surface area contributed by atoms with Crippen LogP contribution in [0.5, 0.6) is 11.5 Å². The lowest BCUT2D eigenvalue weighted by molar-refractivity contribution is 0.0989. The Labute approximate surface area is 256 Å². The molecule has 0 aliphatic heterocycles. The molecule has 5 aromatic rings. The van der Waals surface area contributed by atoms with Crippen LogP contribution in [0.3, 0.4) is 0 Å². The topological polar surface area (TPSA) is 144 Å². The number of nitrogens with one attached hydrogen (secondary N) is 2. The van der Waals surface area contributed by atoms with Crippen molar-refractivity contribution in [3.8, 4) is 17.2 Å². The first kappa shape index (κ1) is 31.3. The van der Waals surface area contributed by atoms with Gasteiger partial charge in [-0.1, -0.05) is 19.9 Å². The van der Waals surface area contributed by atoms with Crippen LogP contribution >= 0.6 is 0 Å². The maximum atomic E-state index is 15.3. The van der Waals surface area contributed by atoms with Gasteiger partial charge in [-0.2, -0.15) is 5.10 Å². The first-order valence-corrected chi connectivity index (χ1v) is 14.5. The number of pyridine rings is 1. The molecule has 0 aliphatic carbocycles. The highest BCUT2D eigenvalue weighted by atomic mass is 19.1. The number of aliphatic hydroxyl groups is 1. The number of aliphatic hydroxyl groups excluding tert-OH is 1. The van der Waals surface area contributed by atoms with Crippen LogP contribution in [-0.2, 0) is 6.42 Å². The van der Waals surface area contributed by atoms with E-state index in [0.29, 0.717) is 29.7 Å². The van der Waals surface area contributed by atoms with E-state index in [4.69, 9.17) is 4.74 Å². The van der Waals surface area contributed by atoms with Gasteiger partial charge in [-0.15, -0.1) is 0 Å². The van der Waals surface area contributed by atoms with Gasteiger partial charge in [0.15, 0.2) is 28.8 Å². The number of nitrogens with zero attached hydrogens (tertiary/aromatic N) is 4. The van der Waals surface area contributed by atoms with Crippen LogP contribution in [0.4, 0.5) is 14.6 Å². The van der Waals surface area contributed by atoms with E-state index in [9.17, 15) is 23.9 Å². The molecule has 1 atom stereocenters. The maximum Gasteiger partial charge on any atom is 0.335 e. The Balaban J connectivity index is 1.46. The number of H-pyrrole nitrogens is 1. The molecule has 0 saturated heterocycles. The number of Topliss-reactive ketones (excluding diaryl/α,β-unsaturated/α-hetero) is 1. The third-order valence-corrected chi connectivity index (χ3v) is 7.50. The van der Waals surface area contributed by atoms with E-state index < -0.39 is 28.7 Å². The van der Waals surface area contributed by atoms with Crippen molar-refractivity contribution in [2.24, 2.45) is 0 Å². The van der Waals surface area contributed by atoms with Crippen LogP contribution in [0.15, 0.2) is 70.5 Å². The molecule has 3 N–H and O–H groups in total. The highest BCUT2D eigenvalue weighted by Crippen LogP contribution is 2.34. The van der Waals surface area contributed by atoms with Crippen molar-refractivity contribution in [1.29, 1.82) is 0 Å². The monoisotopic (exact) mass is 618 g/mol. The molecule has 0 radical (unpaired) electrons. The quantitative estimate of drug-likeness (QED) is 0.167. The molecule has 45 heavy (non-hydrogen) atoms. The first-order valence-electron chi connectivity index (χ1n) is 14.5. The molecule has 5 rings (SSSR count). The lowest BCUT2D eigenvalue weighted by atomic mass is 10.0. The molecule has 0 spiro atoms. The molecular formula is C32H32F2N6O5. The van der Waals surface area contributed by atoms with Gasteiger partial charge in [0, 0.05) is 37.0 Å². The number of aromatic nitrogens is 5. The van der Waals surface area contributed by atoms with Crippen molar-refractivity contribution in [2.75, 3.05) is 11.9 Å². The van der Waals surface area contributed by atoms with Gasteiger partial charge in [0.25, 0.3) is 5.56 Å². The minimum absolute atomic E-state index is 0.123. The highest BCUT2D eigenvalue weighted by Gasteiger charge is 2.22. The zero-order valence-corrected chi connectivity index (χ0v) is 24.9. The number of hydrogen-bond donors (Lipinski definition) is 3. The molecule has 0 aliphatic rings. The van der Waals surface area contributed by atoms with Crippen LogP contribution < -0.4 is 21.3 Å². The second kappa shape index (κ2) is 13.2. The van der Waals surface area contributed by atoms with E-state index in [0.717, 1.165) is 22.8 Å². The lowest BCUT2D eigenvalue weighted by Gasteiger charge is -2.19. The molecule has 0 saturated carbocycles. The van der Waals surface area contributed by atoms with Gasteiger partial charge < -0.3 is 15.2 Å². The summed E-state index contributed by atoms with van der Waals surface area (Å²) >= 11 is 0. The third-order valence-electron chi connectivity index (χ3n) is 7.50. The van der Waals surface area contributed by atoms with Gasteiger partial charge in [0.2, 0.25) is 0 Å². The Bertz CT molecular complexity index is 1960. The summed E-state index contributed by atoms with van der Waals surface area (Å²) in [4.78, 5) is 44.6. The number of hydrogen-bond acceptors (Lipinski definition) is 8. The molecule has 0 bridgehead atoms.